The molecule has 1 aliphatic rings. The Kier molecular flexibility index (Phi) is 3.65. The van der Waals surface area contributed by atoms with Crippen LogP contribution in [0, 0.1) is 0 Å². The molecule has 4 nitrogen and oxygen atoms in total. The lowest BCUT2D eigenvalue weighted by Gasteiger charge is -2.23. The molecule has 0 heterocycles. The molecule has 0 saturated heterocycles. The maximum atomic E-state index is 11.2. The van der Waals surface area contributed by atoms with Crippen LogP contribution >= 0.6 is 0 Å². The van der Waals surface area contributed by atoms with Crippen molar-refractivity contribution in [1.29, 1.82) is 0 Å². The monoisotopic (exact) mass is 248 g/mol. The van der Waals surface area contributed by atoms with E-state index in [0.29, 0.717) is 5.56 Å². The zero-order chi connectivity index (χ0) is 13.1. The molecule has 1 aromatic carbocycles. The van der Waals surface area contributed by atoms with Crippen LogP contribution in [0.25, 0.3) is 0 Å². The van der Waals surface area contributed by atoms with E-state index in [1.165, 1.54) is 24.6 Å². The first-order chi connectivity index (χ1) is 8.59. The fourth-order valence-electron chi connectivity index (χ4n) is 2.64. The second-order valence-electron chi connectivity index (χ2n) is 4.75. The fraction of sp³-hybridized carbons (Fsp3) is 0.429. The molecule has 2 N–H and O–H groups in total. The molecule has 0 atom stereocenters. The maximum absolute atomic E-state index is 11.2. The summed E-state index contributed by atoms with van der Waals surface area (Å²) in [4.78, 5) is 22.2. The van der Waals surface area contributed by atoms with Crippen LogP contribution in [0.15, 0.2) is 18.2 Å². The first-order valence-corrected chi connectivity index (χ1v) is 6.20. The molecule has 1 aliphatic carbocycles. The third-order valence-corrected chi connectivity index (χ3v) is 3.57. The van der Waals surface area contributed by atoms with Gasteiger partial charge in [0.2, 0.25) is 0 Å². The van der Waals surface area contributed by atoms with Gasteiger partial charge in [0.25, 0.3) is 0 Å². The second kappa shape index (κ2) is 5.21. The van der Waals surface area contributed by atoms with E-state index in [1.54, 1.807) is 0 Å². The largest absolute Gasteiger partial charge is 0.478 e. The molecule has 2 rings (SSSR count). The number of aromatic carboxylic acids is 2. The molecule has 0 aromatic heterocycles. The smallest absolute Gasteiger partial charge is 0.335 e. The summed E-state index contributed by atoms with van der Waals surface area (Å²) < 4.78 is 0. The van der Waals surface area contributed by atoms with Gasteiger partial charge in [-0.1, -0.05) is 19.3 Å². The van der Waals surface area contributed by atoms with Crippen molar-refractivity contribution in [3.05, 3.63) is 34.9 Å². The molecule has 4 heteroatoms. The average Bonchev–Trinajstić information content (AvgIpc) is 2.39. The molecule has 0 spiro atoms. The van der Waals surface area contributed by atoms with Gasteiger partial charge >= 0.3 is 11.9 Å². The topological polar surface area (TPSA) is 74.6 Å². The van der Waals surface area contributed by atoms with Crippen molar-refractivity contribution >= 4 is 11.9 Å². The molecule has 18 heavy (non-hydrogen) atoms. The van der Waals surface area contributed by atoms with Crippen molar-refractivity contribution in [2.75, 3.05) is 0 Å². The van der Waals surface area contributed by atoms with Crippen LogP contribution in [0.4, 0.5) is 0 Å². The van der Waals surface area contributed by atoms with E-state index in [9.17, 15) is 14.7 Å². The third kappa shape index (κ3) is 2.53. The van der Waals surface area contributed by atoms with Crippen molar-refractivity contribution in [2.45, 2.75) is 38.0 Å². The van der Waals surface area contributed by atoms with Crippen LogP contribution in [-0.4, -0.2) is 22.2 Å². The summed E-state index contributed by atoms with van der Waals surface area (Å²) in [7, 11) is 0. The SMILES string of the molecule is O=C(O)c1ccc(C(=O)O)c(C2CCCCC2)c1. The third-order valence-electron chi connectivity index (χ3n) is 3.57. The van der Waals surface area contributed by atoms with Gasteiger partial charge in [-0.3, -0.25) is 0 Å². The summed E-state index contributed by atoms with van der Waals surface area (Å²) in [6.45, 7) is 0. The minimum atomic E-state index is -1.01. The molecule has 0 aliphatic heterocycles. The number of carboxylic acid groups (broad SMARTS) is 2. The Bertz CT molecular complexity index is 473. The first kappa shape index (κ1) is 12.6. The number of hydrogen-bond donors (Lipinski definition) is 2. The lowest BCUT2D eigenvalue weighted by Crippen LogP contribution is -2.12. The summed E-state index contributed by atoms with van der Waals surface area (Å²) in [5.74, 6) is -1.80. The number of carbonyl (C=O) groups is 2. The predicted molar refractivity (Wildman–Crippen MR) is 66.2 cm³/mol. The predicted octanol–water partition coefficient (Wildman–Crippen LogP) is 3.13. The number of carboxylic acids is 2. The van der Waals surface area contributed by atoms with E-state index in [2.05, 4.69) is 0 Å². The molecule has 0 amide bonds. The molecule has 1 aromatic rings. The van der Waals surface area contributed by atoms with Gasteiger partial charge in [-0.25, -0.2) is 9.59 Å². The Balaban J connectivity index is 2.42. The van der Waals surface area contributed by atoms with Crippen LogP contribution < -0.4 is 0 Å². The van der Waals surface area contributed by atoms with Crippen molar-refractivity contribution in [2.24, 2.45) is 0 Å². The van der Waals surface area contributed by atoms with Crippen LogP contribution in [0.1, 0.15) is 64.3 Å². The molecule has 0 bridgehead atoms. The van der Waals surface area contributed by atoms with Crippen LogP contribution in [0.5, 0.6) is 0 Å². The normalized spacial score (nSPS) is 16.4. The summed E-state index contributed by atoms with van der Waals surface area (Å²) in [5.41, 5.74) is 1.09. The lowest BCUT2D eigenvalue weighted by atomic mass is 9.81. The van der Waals surface area contributed by atoms with E-state index in [1.807, 2.05) is 0 Å². The van der Waals surface area contributed by atoms with E-state index >= 15 is 0 Å². The Morgan fingerprint density at radius 3 is 2.22 bits per heavy atom. The number of benzene rings is 1. The van der Waals surface area contributed by atoms with Gasteiger partial charge in [0.15, 0.2) is 0 Å². The second-order valence-corrected chi connectivity index (χ2v) is 4.75. The van der Waals surface area contributed by atoms with Crippen molar-refractivity contribution in [3.8, 4) is 0 Å². The summed E-state index contributed by atoms with van der Waals surface area (Å²) in [6.07, 6.45) is 5.24. The zero-order valence-corrected chi connectivity index (χ0v) is 10.1. The maximum Gasteiger partial charge on any atom is 0.335 e. The zero-order valence-electron chi connectivity index (χ0n) is 10.1. The van der Waals surface area contributed by atoms with Gasteiger partial charge in [-0.05, 0) is 42.5 Å². The minimum absolute atomic E-state index is 0.167. The number of rotatable bonds is 3. The quantitative estimate of drug-likeness (QED) is 0.861. The van der Waals surface area contributed by atoms with E-state index < -0.39 is 11.9 Å². The Hall–Kier alpha value is -1.84. The van der Waals surface area contributed by atoms with E-state index in [-0.39, 0.29) is 17.0 Å². The highest BCUT2D eigenvalue weighted by atomic mass is 16.4. The molecule has 0 radical (unpaired) electrons. The molecule has 0 unspecified atom stereocenters. The van der Waals surface area contributed by atoms with E-state index in [0.717, 1.165) is 25.7 Å². The highest BCUT2D eigenvalue weighted by Gasteiger charge is 2.22. The molecule has 96 valence electrons. The van der Waals surface area contributed by atoms with Gasteiger partial charge < -0.3 is 10.2 Å². The van der Waals surface area contributed by atoms with Crippen LogP contribution in [0.2, 0.25) is 0 Å². The highest BCUT2D eigenvalue weighted by Crippen LogP contribution is 2.34. The summed E-state index contributed by atoms with van der Waals surface area (Å²) >= 11 is 0. The molecule has 1 fully saturated rings. The highest BCUT2D eigenvalue weighted by molar-refractivity contribution is 5.93. The Morgan fingerprint density at radius 2 is 1.67 bits per heavy atom. The number of hydrogen-bond acceptors (Lipinski definition) is 2. The Labute approximate surface area is 105 Å². The standard InChI is InChI=1S/C14H16O4/c15-13(16)10-6-7-11(14(17)18)12(8-10)9-4-2-1-3-5-9/h6-9H,1-5H2,(H,15,16)(H,17,18). The van der Waals surface area contributed by atoms with Gasteiger partial charge in [-0.15, -0.1) is 0 Å². The van der Waals surface area contributed by atoms with E-state index in [4.69, 9.17) is 5.11 Å². The fourth-order valence-corrected chi connectivity index (χ4v) is 2.64. The van der Waals surface area contributed by atoms with Crippen molar-refractivity contribution in [3.63, 3.8) is 0 Å². The Morgan fingerprint density at radius 1 is 1.00 bits per heavy atom. The summed E-state index contributed by atoms with van der Waals surface area (Å²) in [5, 5.41) is 18.2. The van der Waals surface area contributed by atoms with Crippen LogP contribution in [0.3, 0.4) is 0 Å². The van der Waals surface area contributed by atoms with Gasteiger partial charge in [0, 0.05) is 0 Å². The molecular formula is C14H16O4. The van der Waals surface area contributed by atoms with Crippen molar-refractivity contribution in [1.82, 2.24) is 0 Å². The average molecular weight is 248 g/mol. The van der Waals surface area contributed by atoms with Crippen molar-refractivity contribution < 1.29 is 19.8 Å². The van der Waals surface area contributed by atoms with Crippen LogP contribution in [-0.2, 0) is 0 Å². The summed E-state index contributed by atoms with van der Waals surface area (Å²) in [6, 6.07) is 4.30. The molecule has 1 saturated carbocycles. The lowest BCUT2D eigenvalue weighted by molar-refractivity contribution is 0.0679. The first-order valence-electron chi connectivity index (χ1n) is 6.20. The van der Waals surface area contributed by atoms with Gasteiger partial charge in [-0.2, -0.15) is 0 Å². The van der Waals surface area contributed by atoms with Gasteiger partial charge in [0.1, 0.15) is 0 Å². The van der Waals surface area contributed by atoms with Gasteiger partial charge in [0.05, 0.1) is 11.1 Å². The molecular weight excluding hydrogens is 232 g/mol. The minimum Gasteiger partial charge on any atom is -0.478 e.